The average molecular weight is 1150 g/mol. The van der Waals surface area contributed by atoms with E-state index in [4.69, 9.17) is 0 Å². The van der Waals surface area contributed by atoms with Gasteiger partial charge < -0.3 is 9.80 Å². The van der Waals surface area contributed by atoms with Crippen molar-refractivity contribution in [3.63, 3.8) is 0 Å². The van der Waals surface area contributed by atoms with Gasteiger partial charge in [0.1, 0.15) is 0 Å². The second kappa shape index (κ2) is 22.2. The summed E-state index contributed by atoms with van der Waals surface area (Å²) in [6.45, 7) is 20.9. The Labute approximate surface area is 527 Å². The fourth-order valence-corrected chi connectivity index (χ4v) is 13.7. The normalized spacial score (nSPS) is 12.7. The van der Waals surface area contributed by atoms with E-state index in [-0.39, 0.29) is 23.0 Å². The van der Waals surface area contributed by atoms with Crippen molar-refractivity contribution in [1.29, 1.82) is 5.26 Å². The van der Waals surface area contributed by atoms with E-state index in [1.54, 1.807) is 0 Å². The van der Waals surface area contributed by atoms with E-state index in [9.17, 15) is 5.26 Å². The van der Waals surface area contributed by atoms with Crippen LogP contribution in [-0.2, 0) is 16.2 Å². The molecule has 0 unspecified atom stereocenters. The largest absolute Gasteiger partial charge is 0.310 e. The minimum atomic E-state index is -0.269. The zero-order valence-electron chi connectivity index (χ0n) is 52.4. The van der Waals surface area contributed by atoms with Crippen LogP contribution >= 0.6 is 0 Å². The molecule has 2 aliphatic rings. The summed E-state index contributed by atoms with van der Waals surface area (Å²) in [5.41, 5.74) is 30.2. The van der Waals surface area contributed by atoms with Gasteiger partial charge in [0.2, 0.25) is 0 Å². The third-order valence-corrected chi connectivity index (χ3v) is 18.3. The summed E-state index contributed by atoms with van der Waals surface area (Å²) < 4.78 is 0. The molecular weight excluding hydrogens is 1070 g/mol. The Bertz CT molecular complexity index is 4560. The van der Waals surface area contributed by atoms with Crippen LogP contribution in [0.25, 0.3) is 77.9 Å². The molecule has 2 heterocycles. The molecule has 0 saturated carbocycles. The molecule has 430 valence electrons. The molecule has 0 N–H and O–H groups in total. The third kappa shape index (κ3) is 10.3. The van der Waals surface area contributed by atoms with Crippen molar-refractivity contribution in [2.45, 2.75) is 78.6 Å². The molecule has 0 aliphatic carbocycles. The standard InChI is InChI=1S/C85H72BN3/c1-83(2,3)66-49-69(60-32-20-12-21-33-60)81(70(50-66)61-34-22-13-23-35-61)88-76-45-44-64(58-42-40-56(55-87)41-43-58)46-74(76)86-75-53-68(59-30-18-11-19-31-59)73(85(7,8)9)54-77(75)89(79-48-65(47-78(88)80(79)86)57-28-16-10-17-29-57)82-71(62-36-24-14-25-37-62)51-67(84(4,5)6)52-72(82)63-38-26-15-27-39-63/h10-54H,1-9H3. The minimum absolute atomic E-state index is 0.180. The van der Waals surface area contributed by atoms with Gasteiger partial charge in [0.25, 0.3) is 6.71 Å². The maximum Gasteiger partial charge on any atom is 0.252 e. The van der Waals surface area contributed by atoms with Gasteiger partial charge in [-0.15, -0.1) is 0 Å². The summed E-state index contributed by atoms with van der Waals surface area (Å²) in [6, 6.07) is 104. The summed E-state index contributed by atoms with van der Waals surface area (Å²) in [5.74, 6) is 0. The molecule has 12 aromatic rings. The predicted octanol–water partition coefficient (Wildman–Crippen LogP) is 21.2. The maximum absolute atomic E-state index is 10.1. The first-order chi connectivity index (χ1) is 43.0. The van der Waals surface area contributed by atoms with Gasteiger partial charge in [0.15, 0.2) is 0 Å². The summed E-state index contributed by atoms with van der Waals surface area (Å²) in [7, 11) is 0. The number of anilines is 6. The summed E-state index contributed by atoms with van der Waals surface area (Å²) in [5, 5.41) is 10.1. The number of nitrogens with zero attached hydrogens (tertiary/aromatic N) is 3. The van der Waals surface area contributed by atoms with Gasteiger partial charge in [-0.05, 0) is 166 Å². The predicted molar refractivity (Wildman–Crippen MR) is 379 cm³/mol. The van der Waals surface area contributed by atoms with Gasteiger partial charge in [-0.3, -0.25) is 0 Å². The Balaban J connectivity index is 1.22. The number of hydrogen-bond acceptors (Lipinski definition) is 3. The minimum Gasteiger partial charge on any atom is -0.310 e. The monoisotopic (exact) mass is 1150 g/mol. The van der Waals surface area contributed by atoms with Crippen molar-refractivity contribution in [3.8, 4) is 84.0 Å². The Morgan fingerprint density at radius 3 is 1.02 bits per heavy atom. The lowest BCUT2D eigenvalue weighted by Crippen LogP contribution is -2.61. The molecule has 0 atom stereocenters. The molecule has 0 aromatic heterocycles. The first-order valence-electron chi connectivity index (χ1n) is 31.3. The van der Waals surface area contributed by atoms with Gasteiger partial charge in [-0.2, -0.15) is 5.26 Å². The Morgan fingerprint density at radius 1 is 0.292 bits per heavy atom. The molecule has 3 nitrogen and oxygen atoms in total. The quantitative estimate of drug-likeness (QED) is 0.135. The lowest BCUT2D eigenvalue weighted by atomic mass is 9.33. The third-order valence-electron chi connectivity index (χ3n) is 18.3. The van der Waals surface area contributed by atoms with Gasteiger partial charge in [0.05, 0.1) is 23.0 Å². The van der Waals surface area contributed by atoms with Crippen LogP contribution in [0, 0.1) is 11.3 Å². The van der Waals surface area contributed by atoms with Crippen LogP contribution in [-0.4, -0.2) is 6.71 Å². The molecule has 0 saturated heterocycles. The van der Waals surface area contributed by atoms with Crippen LogP contribution in [0.5, 0.6) is 0 Å². The number of fused-ring (bicyclic) bond motifs is 4. The number of nitriles is 1. The zero-order chi connectivity index (χ0) is 61.3. The van der Waals surface area contributed by atoms with Crippen molar-refractivity contribution >= 4 is 57.2 Å². The highest BCUT2D eigenvalue weighted by Gasteiger charge is 2.47. The van der Waals surface area contributed by atoms with E-state index < -0.39 is 0 Å². The highest BCUT2D eigenvalue weighted by molar-refractivity contribution is 7.00. The molecule has 14 rings (SSSR count). The Morgan fingerprint density at radius 2 is 0.640 bits per heavy atom. The van der Waals surface area contributed by atoms with E-state index in [2.05, 4.69) is 339 Å². The zero-order valence-corrected chi connectivity index (χ0v) is 52.4. The average Bonchev–Trinajstić information content (AvgIpc) is 0.737. The number of hydrogen-bond donors (Lipinski definition) is 0. The van der Waals surface area contributed by atoms with E-state index in [0.29, 0.717) is 5.56 Å². The number of rotatable bonds is 9. The fraction of sp³-hybridized carbons (Fsp3) is 0.141. The van der Waals surface area contributed by atoms with E-state index in [1.807, 2.05) is 12.1 Å². The van der Waals surface area contributed by atoms with Gasteiger partial charge in [-0.25, -0.2) is 0 Å². The topological polar surface area (TPSA) is 30.3 Å². The van der Waals surface area contributed by atoms with Crippen LogP contribution in [0.1, 0.15) is 84.6 Å². The van der Waals surface area contributed by atoms with Crippen LogP contribution < -0.4 is 26.2 Å². The molecule has 2 aliphatic heterocycles. The fourth-order valence-electron chi connectivity index (χ4n) is 13.7. The van der Waals surface area contributed by atoms with Crippen molar-refractivity contribution < 1.29 is 0 Å². The SMILES string of the molecule is CC(C)(C)c1cc(-c2ccccc2)c(N2c3ccc(-c4ccc(C#N)cc4)cc3B3c4cc(-c5ccccc5)c(C(C)(C)C)cc4N(c4c(-c5ccccc5)cc(C(C)(C)C)cc4-c4ccccc4)c4cc(-c5ccccc5)cc2c43)c(-c2ccccc2)c1. The molecule has 0 bridgehead atoms. The first-order valence-corrected chi connectivity index (χ1v) is 31.3. The second-order valence-electron chi connectivity index (χ2n) is 27.2. The highest BCUT2D eigenvalue weighted by atomic mass is 15.2. The Hall–Kier alpha value is -10.2. The molecule has 12 aromatic carbocycles. The van der Waals surface area contributed by atoms with Crippen molar-refractivity contribution in [2.75, 3.05) is 9.80 Å². The second-order valence-corrected chi connectivity index (χ2v) is 27.2. The van der Waals surface area contributed by atoms with Crippen LogP contribution in [0.3, 0.4) is 0 Å². The molecule has 0 fully saturated rings. The van der Waals surface area contributed by atoms with Crippen LogP contribution in [0.15, 0.2) is 273 Å². The first kappa shape index (κ1) is 56.6. The number of benzene rings is 12. The van der Waals surface area contributed by atoms with Crippen molar-refractivity contribution in [1.82, 2.24) is 0 Å². The molecular formula is C85H72BN3. The summed E-state index contributed by atoms with van der Waals surface area (Å²) >= 11 is 0. The van der Waals surface area contributed by atoms with Crippen molar-refractivity contribution in [2.24, 2.45) is 0 Å². The van der Waals surface area contributed by atoms with E-state index in [0.717, 1.165) is 101 Å². The lowest BCUT2D eigenvalue weighted by Gasteiger charge is -2.47. The Kier molecular flexibility index (Phi) is 14.1. The smallest absolute Gasteiger partial charge is 0.252 e. The van der Waals surface area contributed by atoms with Gasteiger partial charge >= 0.3 is 0 Å². The summed E-state index contributed by atoms with van der Waals surface area (Å²) in [6.07, 6.45) is 0. The highest BCUT2D eigenvalue weighted by Crippen LogP contribution is 2.56. The maximum atomic E-state index is 10.1. The van der Waals surface area contributed by atoms with Crippen LogP contribution in [0.4, 0.5) is 34.1 Å². The van der Waals surface area contributed by atoms with Crippen molar-refractivity contribution in [3.05, 3.63) is 295 Å². The summed E-state index contributed by atoms with van der Waals surface area (Å²) in [4.78, 5) is 5.35. The van der Waals surface area contributed by atoms with Gasteiger partial charge in [-0.1, -0.05) is 275 Å². The van der Waals surface area contributed by atoms with Crippen LogP contribution in [0.2, 0.25) is 0 Å². The van der Waals surface area contributed by atoms with E-state index in [1.165, 1.54) is 44.2 Å². The molecule has 0 radical (unpaired) electrons. The molecule has 4 heteroatoms. The van der Waals surface area contributed by atoms with Gasteiger partial charge in [0, 0.05) is 45.0 Å². The lowest BCUT2D eigenvalue weighted by molar-refractivity contribution is 0.590. The molecule has 0 spiro atoms. The molecule has 0 amide bonds. The van der Waals surface area contributed by atoms with E-state index >= 15 is 0 Å². The molecule has 89 heavy (non-hydrogen) atoms.